The van der Waals surface area contributed by atoms with Crippen molar-refractivity contribution in [3.63, 3.8) is 0 Å². The van der Waals surface area contributed by atoms with E-state index in [-0.39, 0.29) is 12.2 Å². The first-order valence-electron chi connectivity index (χ1n) is 5.43. The molecule has 0 bridgehead atoms. The van der Waals surface area contributed by atoms with Gasteiger partial charge in [-0.05, 0) is 13.1 Å². The molecular weight excluding hydrogens is 226 g/mol. The van der Waals surface area contributed by atoms with Crippen molar-refractivity contribution in [1.82, 2.24) is 5.32 Å². The van der Waals surface area contributed by atoms with Crippen LogP contribution in [0.3, 0.4) is 0 Å². The Hall–Kier alpha value is -0.610. The van der Waals surface area contributed by atoms with Crippen LogP contribution in [0.25, 0.3) is 0 Å². The van der Waals surface area contributed by atoms with E-state index >= 15 is 0 Å². The van der Waals surface area contributed by atoms with Crippen LogP contribution in [-0.2, 0) is 9.47 Å². The van der Waals surface area contributed by atoms with Gasteiger partial charge in [0.15, 0.2) is 0 Å². The van der Waals surface area contributed by atoms with E-state index in [1.807, 2.05) is 31.3 Å². The Morgan fingerprint density at radius 2 is 2.25 bits per heavy atom. The van der Waals surface area contributed by atoms with Crippen molar-refractivity contribution < 1.29 is 9.47 Å². The van der Waals surface area contributed by atoms with E-state index in [2.05, 4.69) is 5.32 Å². The number of hydrogen-bond acceptors (Lipinski definition) is 3. The molecule has 1 heterocycles. The van der Waals surface area contributed by atoms with Gasteiger partial charge in [0, 0.05) is 17.1 Å². The highest BCUT2D eigenvalue weighted by atomic mass is 35.5. The molecule has 1 fully saturated rings. The van der Waals surface area contributed by atoms with Crippen molar-refractivity contribution in [2.24, 2.45) is 0 Å². The van der Waals surface area contributed by atoms with Crippen LogP contribution < -0.4 is 5.32 Å². The Morgan fingerprint density at radius 1 is 1.50 bits per heavy atom. The third kappa shape index (κ3) is 2.74. The van der Waals surface area contributed by atoms with Crippen LogP contribution in [0.1, 0.15) is 11.7 Å². The van der Waals surface area contributed by atoms with Gasteiger partial charge >= 0.3 is 0 Å². The van der Waals surface area contributed by atoms with Gasteiger partial charge in [-0.1, -0.05) is 29.8 Å². The minimum Gasteiger partial charge on any atom is -0.376 e. The molecule has 1 aliphatic heterocycles. The lowest BCUT2D eigenvalue weighted by molar-refractivity contribution is -0.155. The number of ether oxygens (including phenoxy) is 2. The molecule has 0 radical (unpaired) electrons. The number of benzene rings is 1. The molecule has 0 amide bonds. The summed E-state index contributed by atoms with van der Waals surface area (Å²) in [5, 5.41) is 3.88. The third-order valence-corrected chi connectivity index (χ3v) is 2.95. The van der Waals surface area contributed by atoms with Crippen LogP contribution in [0.4, 0.5) is 0 Å². The first kappa shape index (κ1) is 11.9. The SMILES string of the molecule is CNCC(OC1COC1)c1ccccc1Cl. The van der Waals surface area contributed by atoms with Gasteiger partial charge in [-0.15, -0.1) is 0 Å². The molecule has 88 valence electrons. The summed E-state index contributed by atoms with van der Waals surface area (Å²) in [7, 11) is 1.91. The van der Waals surface area contributed by atoms with Crippen LogP contribution in [0.15, 0.2) is 24.3 Å². The van der Waals surface area contributed by atoms with Crippen LogP contribution in [0, 0.1) is 0 Å². The molecule has 1 atom stereocenters. The van der Waals surface area contributed by atoms with Gasteiger partial charge in [0.1, 0.15) is 6.10 Å². The highest BCUT2D eigenvalue weighted by molar-refractivity contribution is 6.31. The summed E-state index contributed by atoms with van der Waals surface area (Å²) in [5.41, 5.74) is 1.03. The molecule has 1 aromatic carbocycles. The van der Waals surface area contributed by atoms with Gasteiger partial charge in [-0.3, -0.25) is 0 Å². The molecule has 16 heavy (non-hydrogen) atoms. The average Bonchev–Trinajstić information content (AvgIpc) is 2.23. The molecule has 1 saturated heterocycles. The van der Waals surface area contributed by atoms with Gasteiger partial charge in [0.25, 0.3) is 0 Å². The zero-order valence-electron chi connectivity index (χ0n) is 9.28. The molecule has 4 heteroatoms. The van der Waals surface area contributed by atoms with Crippen LogP contribution in [0.5, 0.6) is 0 Å². The molecule has 1 N–H and O–H groups in total. The fourth-order valence-corrected chi connectivity index (χ4v) is 1.94. The Morgan fingerprint density at radius 3 is 2.81 bits per heavy atom. The summed E-state index contributed by atoms with van der Waals surface area (Å²) in [6.45, 7) is 2.12. The molecule has 2 rings (SSSR count). The molecule has 0 saturated carbocycles. The minimum absolute atomic E-state index is 0.00685. The highest BCUT2D eigenvalue weighted by Gasteiger charge is 2.25. The molecule has 1 aromatic rings. The van der Waals surface area contributed by atoms with E-state index in [0.717, 1.165) is 17.1 Å². The molecule has 0 aromatic heterocycles. The second kappa shape index (κ2) is 5.64. The Bertz CT molecular complexity index is 342. The van der Waals surface area contributed by atoms with Gasteiger partial charge in [-0.2, -0.15) is 0 Å². The molecule has 1 aliphatic rings. The van der Waals surface area contributed by atoms with Gasteiger partial charge < -0.3 is 14.8 Å². The first-order valence-corrected chi connectivity index (χ1v) is 5.81. The minimum atomic E-state index is -0.00685. The van der Waals surface area contributed by atoms with E-state index in [4.69, 9.17) is 21.1 Å². The normalized spacial score (nSPS) is 18.1. The van der Waals surface area contributed by atoms with Crippen LogP contribution in [-0.4, -0.2) is 32.9 Å². The van der Waals surface area contributed by atoms with E-state index in [0.29, 0.717) is 13.2 Å². The fourth-order valence-electron chi connectivity index (χ4n) is 1.68. The molecule has 3 nitrogen and oxygen atoms in total. The van der Waals surface area contributed by atoms with Crippen LogP contribution in [0.2, 0.25) is 5.02 Å². The first-order chi connectivity index (χ1) is 7.81. The lowest BCUT2D eigenvalue weighted by Gasteiger charge is -2.31. The zero-order chi connectivity index (χ0) is 11.4. The summed E-state index contributed by atoms with van der Waals surface area (Å²) in [4.78, 5) is 0. The number of rotatable bonds is 5. The monoisotopic (exact) mass is 241 g/mol. The zero-order valence-corrected chi connectivity index (χ0v) is 10.0. The maximum atomic E-state index is 6.16. The van der Waals surface area contributed by atoms with Crippen molar-refractivity contribution in [2.75, 3.05) is 26.8 Å². The Labute approximate surface area is 101 Å². The lowest BCUT2D eigenvalue weighted by atomic mass is 10.1. The van der Waals surface area contributed by atoms with Crippen molar-refractivity contribution in [3.05, 3.63) is 34.9 Å². The average molecular weight is 242 g/mol. The van der Waals surface area contributed by atoms with Gasteiger partial charge in [-0.25, -0.2) is 0 Å². The number of nitrogens with one attached hydrogen (secondary N) is 1. The molecular formula is C12H16ClNO2. The molecule has 1 unspecified atom stereocenters. The standard InChI is InChI=1S/C12H16ClNO2/c1-14-6-12(16-9-7-15-8-9)10-4-2-3-5-11(10)13/h2-5,9,12,14H,6-8H2,1H3. The molecule has 0 spiro atoms. The Kier molecular flexibility index (Phi) is 4.18. The summed E-state index contributed by atoms with van der Waals surface area (Å²) in [6, 6.07) is 7.79. The summed E-state index contributed by atoms with van der Waals surface area (Å²) >= 11 is 6.16. The van der Waals surface area contributed by atoms with Crippen molar-refractivity contribution in [1.29, 1.82) is 0 Å². The second-order valence-electron chi connectivity index (χ2n) is 3.86. The number of likely N-dealkylation sites (N-methyl/N-ethyl adjacent to an activating group) is 1. The molecule has 0 aliphatic carbocycles. The fraction of sp³-hybridized carbons (Fsp3) is 0.500. The quantitative estimate of drug-likeness (QED) is 0.856. The van der Waals surface area contributed by atoms with E-state index in [1.54, 1.807) is 0 Å². The summed E-state index contributed by atoms with van der Waals surface area (Å²) in [6.07, 6.45) is 0.197. The van der Waals surface area contributed by atoms with Crippen LogP contribution >= 0.6 is 11.6 Å². The van der Waals surface area contributed by atoms with E-state index in [1.165, 1.54) is 0 Å². The van der Waals surface area contributed by atoms with Crippen molar-refractivity contribution >= 4 is 11.6 Å². The van der Waals surface area contributed by atoms with Crippen molar-refractivity contribution in [3.8, 4) is 0 Å². The Balaban J connectivity index is 2.08. The van der Waals surface area contributed by atoms with E-state index in [9.17, 15) is 0 Å². The topological polar surface area (TPSA) is 30.5 Å². The maximum Gasteiger partial charge on any atom is 0.105 e. The maximum absolute atomic E-state index is 6.16. The smallest absolute Gasteiger partial charge is 0.105 e. The second-order valence-corrected chi connectivity index (χ2v) is 4.27. The summed E-state index contributed by atoms with van der Waals surface area (Å²) < 4.78 is 11.0. The predicted molar refractivity (Wildman–Crippen MR) is 63.8 cm³/mol. The van der Waals surface area contributed by atoms with Gasteiger partial charge in [0.05, 0.1) is 19.3 Å². The number of halogens is 1. The van der Waals surface area contributed by atoms with E-state index < -0.39 is 0 Å². The largest absolute Gasteiger partial charge is 0.376 e. The summed E-state index contributed by atoms with van der Waals surface area (Å²) in [5.74, 6) is 0. The van der Waals surface area contributed by atoms with Crippen molar-refractivity contribution in [2.45, 2.75) is 12.2 Å². The highest BCUT2D eigenvalue weighted by Crippen LogP contribution is 2.27. The predicted octanol–water partition coefficient (Wildman–Crippen LogP) is 2.02. The third-order valence-electron chi connectivity index (χ3n) is 2.61. The van der Waals surface area contributed by atoms with Gasteiger partial charge in [0.2, 0.25) is 0 Å². The lowest BCUT2D eigenvalue weighted by Crippen LogP contribution is -2.38. The number of hydrogen-bond donors (Lipinski definition) is 1.